The minimum Gasteiger partial charge on any atom is -0.350 e. The number of hydrogen-bond donors (Lipinski definition) is 1. The van der Waals surface area contributed by atoms with Gasteiger partial charge in [0.2, 0.25) is 5.91 Å². The molecule has 4 heteroatoms. The van der Waals surface area contributed by atoms with Gasteiger partial charge in [0.15, 0.2) is 0 Å². The Balaban J connectivity index is 2.66. The third kappa shape index (κ3) is 4.64. The summed E-state index contributed by atoms with van der Waals surface area (Å²) in [6.07, 6.45) is 0.356. The van der Waals surface area contributed by atoms with Crippen LogP contribution in [0.2, 0.25) is 0 Å². The van der Waals surface area contributed by atoms with Gasteiger partial charge in [-0.05, 0) is 38.0 Å². The molecule has 90 valence electrons. The summed E-state index contributed by atoms with van der Waals surface area (Å²) in [5, 5.41) is 11.1. The highest BCUT2D eigenvalue weighted by molar-refractivity contribution is 5.78. The molecule has 1 amide bonds. The van der Waals surface area contributed by atoms with Crippen molar-refractivity contribution < 1.29 is 9.18 Å². The summed E-state index contributed by atoms with van der Waals surface area (Å²) < 4.78 is 13.0. The smallest absolute Gasteiger partial charge is 0.234 e. The third-order valence-corrected chi connectivity index (χ3v) is 2.25. The largest absolute Gasteiger partial charge is 0.350 e. The molecular formula is C13H15FN2O. The molecule has 0 fully saturated rings. The van der Waals surface area contributed by atoms with Crippen LogP contribution in [0.4, 0.5) is 4.39 Å². The minimum absolute atomic E-state index is 0.160. The lowest BCUT2D eigenvalue weighted by atomic mass is 9.94. The van der Waals surface area contributed by atoms with Crippen molar-refractivity contribution in [2.24, 2.45) is 0 Å². The van der Waals surface area contributed by atoms with Crippen LogP contribution in [0.15, 0.2) is 24.3 Å². The maximum absolute atomic E-state index is 13.0. The van der Waals surface area contributed by atoms with Gasteiger partial charge in [-0.15, -0.1) is 0 Å². The van der Waals surface area contributed by atoms with Crippen molar-refractivity contribution in [3.63, 3.8) is 0 Å². The number of nitrogens with zero attached hydrogens (tertiary/aromatic N) is 1. The molecule has 0 aromatic heterocycles. The predicted molar refractivity (Wildman–Crippen MR) is 62.6 cm³/mol. The first-order valence-corrected chi connectivity index (χ1v) is 5.35. The van der Waals surface area contributed by atoms with E-state index in [9.17, 15) is 9.18 Å². The van der Waals surface area contributed by atoms with Gasteiger partial charge in [-0.2, -0.15) is 5.26 Å². The van der Waals surface area contributed by atoms with Gasteiger partial charge in [0.25, 0.3) is 0 Å². The number of carbonyl (C=O) groups excluding carboxylic acids is 1. The number of halogens is 1. The van der Waals surface area contributed by atoms with E-state index >= 15 is 0 Å². The van der Waals surface area contributed by atoms with E-state index in [-0.39, 0.29) is 18.1 Å². The zero-order valence-electron chi connectivity index (χ0n) is 9.96. The zero-order chi connectivity index (χ0) is 12.9. The van der Waals surface area contributed by atoms with Gasteiger partial charge in [0.1, 0.15) is 12.2 Å². The van der Waals surface area contributed by atoms with Crippen LogP contribution in [0, 0.1) is 17.1 Å². The Bertz CT molecular complexity index is 449. The summed E-state index contributed by atoms with van der Waals surface area (Å²) in [6.45, 7) is 3.68. The van der Waals surface area contributed by atoms with Gasteiger partial charge < -0.3 is 5.32 Å². The lowest BCUT2D eigenvalue weighted by Crippen LogP contribution is -2.44. The number of carbonyl (C=O) groups is 1. The SMILES string of the molecule is CC(C)(Cc1cccc(F)c1)NC(=O)CC#N. The summed E-state index contributed by atoms with van der Waals surface area (Å²) >= 11 is 0. The van der Waals surface area contributed by atoms with Crippen LogP contribution in [-0.4, -0.2) is 11.4 Å². The molecule has 0 aliphatic heterocycles. The molecular weight excluding hydrogens is 219 g/mol. The monoisotopic (exact) mass is 234 g/mol. The number of hydrogen-bond acceptors (Lipinski definition) is 2. The van der Waals surface area contributed by atoms with Crippen molar-refractivity contribution >= 4 is 5.91 Å². The zero-order valence-corrected chi connectivity index (χ0v) is 9.96. The topological polar surface area (TPSA) is 52.9 Å². The fourth-order valence-electron chi connectivity index (χ4n) is 1.69. The molecule has 0 saturated heterocycles. The molecule has 1 rings (SSSR count). The van der Waals surface area contributed by atoms with E-state index in [4.69, 9.17) is 5.26 Å². The van der Waals surface area contributed by atoms with Gasteiger partial charge in [-0.3, -0.25) is 4.79 Å². The van der Waals surface area contributed by atoms with Crippen LogP contribution >= 0.6 is 0 Å². The normalized spacial score (nSPS) is 10.7. The van der Waals surface area contributed by atoms with E-state index in [0.717, 1.165) is 5.56 Å². The molecule has 0 saturated carbocycles. The molecule has 3 nitrogen and oxygen atoms in total. The van der Waals surface area contributed by atoms with Crippen LogP contribution < -0.4 is 5.32 Å². The van der Waals surface area contributed by atoms with E-state index < -0.39 is 5.54 Å². The Hall–Kier alpha value is -1.89. The predicted octanol–water partition coefficient (Wildman–Crippen LogP) is 2.18. The summed E-state index contributed by atoms with van der Waals surface area (Å²) in [6, 6.07) is 8.06. The van der Waals surface area contributed by atoms with Crippen LogP contribution in [0.1, 0.15) is 25.8 Å². The molecule has 0 spiro atoms. The summed E-state index contributed by atoms with van der Waals surface area (Å²) in [7, 11) is 0. The highest BCUT2D eigenvalue weighted by Crippen LogP contribution is 2.13. The van der Waals surface area contributed by atoms with E-state index in [1.807, 2.05) is 13.8 Å². The van der Waals surface area contributed by atoms with E-state index in [2.05, 4.69) is 5.32 Å². The van der Waals surface area contributed by atoms with Crippen molar-refractivity contribution in [3.05, 3.63) is 35.6 Å². The first kappa shape index (κ1) is 13.2. The van der Waals surface area contributed by atoms with Crippen LogP contribution in [-0.2, 0) is 11.2 Å². The molecule has 0 radical (unpaired) electrons. The second-order valence-corrected chi connectivity index (χ2v) is 4.57. The van der Waals surface area contributed by atoms with Crippen molar-refractivity contribution in [2.75, 3.05) is 0 Å². The number of amides is 1. The highest BCUT2D eigenvalue weighted by atomic mass is 19.1. The minimum atomic E-state index is -0.498. The lowest BCUT2D eigenvalue weighted by Gasteiger charge is -2.26. The first-order chi connectivity index (χ1) is 7.93. The quantitative estimate of drug-likeness (QED) is 0.868. The molecule has 0 aliphatic carbocycles. The van der Waals surface area contributed by atoms with Crippen LogP contribution in [0.3, 0.4) is 0 Å². The second kappa shape index (κ2) is 5.44. The summed E-state index contributed by atoms with van der Waals surface area (Å²) in [5.74, 6) is -0.601. The molecule has 17 heavy (non-hydrogen) atoms. The number of nitrogens with one attached hydrogen (secondary N) is 1. The fraction of sp³-hybridized carbons (Fsp3) is 0.385. The maximum Gasteiger partial charge on any atom is 0.234 e. The van der Waals surface area contributed by atoms with E-state index in [1.165, 1.54) is 12.1 Å². The second-order valence-electron chi connectivity index (χ2n) is 4.57. The van der Waals surface area contributed by atoms with E-state index in [0.29, 0.717) is 6.42 Å². The van der Waals surface area contributed by atoms with Crippen molar-refractivity contribution in [2.45, 2.75) is 32.2 Å². The van der Waals surface area contributed by atoms with Crippen molar-refractivity contribution in [1.29, 1.82) is 5.26 Å². The average molecular weight is 234 g/mol. The molecule has 0 atom stereocenters. The molecule has 0 bridgehead atoms. The van der Waals surface area contributed by atoms with Crippen molar-refractivity contribution in [3.8, 4) is 6.07 Å². The number of benzene rings is 1. The van der Waals surface area contributed by atoms with Gasteiger partial charge >= 0.3 is 0 Å². The van der Waals surface area contributed by atoms with Crippen molar-refractivity contribution in [1.82, 2.24) is 5.32 Å². The van der Waals surface area contributed by atoms with Crippen LogP contribution in [0.5, 0.6) is 0 Å². The maximum atomic E-state index is 13.0. The Morgan fingerprint density at radius 2 is 2.24 bits per heavy atom. The van der Waals surface area contributed by atoms with E-state index in [1.54, 1.807) is 18.2 Å². The van der Waals surface area contributed by atoms with Gasteiger partial charge in [-0.1, -0.05) is 12.1 Å². The Morgan fingerprint density at radius 3 is 2.82 bits per heavy atom. The molecule has 0 heterocycles. The highest BCUT2D eigenvalue weighted by Gasteiger charge is 2.20. The van der Waals surface area contributed by atoms with Gasteiger partial charge in [-0.25, -0.2) is 4.39 Å². The summed E-state index contributed by atoms with van der Waals surface area (Å²) in [4.78, 5) is 11.3. The molecule has 0 unspecified atom stereocenters. The van der Waals surface area contributed by atoms with Crippen LogP contribution in [0.25, 0.3) is 0 Å². The number of rotatable bonds is 4. The standard InChI is InChI=1S/C13H15FN2O/c1-13(2,16-12(17)6-7-15)9-10-4-3-5-11(14)8-10/h3-5,8H,6,9H2,1-2H3,(H,16,17). The Labute approximate surface area is 100 Å². The van der Waals surface area contributed by atoms with Gasteiger partial charge in [0, 0.05) is 5.54 Å². The average Bonchev–Trinajstić information content (AvgIpc) is 2.15. The third-order valence-electron chi connectivity index (χ3n) is 2.25. The Kier molecular flexibility index (Phi) is 4.22. The number of nitriles is 1. The first-order valence-electron chi connectivity index (χ1n) is 5.35. The lowest BCUT2D eigenvalue weighted by molar-refractivity contribution is -0.121. The summed E-state index contributed by atoms with van der Waals surface area (Å²) in [5.41, 5.74) is 0.314. The molecule has 1 N–H and O–H groups in total. The fourth-order valence-corrected chi connectivity index (χ4v) is 1.69. The molecule has 0 aliphatic rings. The molecule has 1 aromatic rings. The molecule has 1 aromatic carbocycles. The Morgan fingerprint density at radius 1 is 1.53 bits per heavy atom. The van der Waals surface area contributed by atoms with Gasteiger partial charge in [0.05, 0.1) is 6.07 Å².